The van der Waals surface area contributed by atoms with Crippen LogP contribution in [-0.2, 0) is 4.79 Å². The number of nitrogens with zero attached hydrogens (tertiary/aromatic N) is 1. The van der Waals surface area contributed by atoms with Gasteiger partial charge >= 0.3 is 5.97 Å². The van der Waals surface area contributed by atoms with E-state index in [-0.39, 0.29) is 11.1 Å². The normalized spacial score (nSPS) is 23.6. The van der Waals surface area contributed by atoms with Crippen molar-refractivity contribution in [2.75, 3.05) is 0 Å². The first-order chi connectivity index (χ1) is 11.9. The first kappa shape index (κ1) is 16.1. The van der Waals surface area contributed by atoms with E-state index in [2.05, 4.69) is 29.3 Å². The monoisotopic (exact) mass is 356 g/mol. The minimum absolute atomic E-state index is 0.00411. The van der Waals surface area contributed by atoms with Crippen LogP contribution in [0.25, 0.3) is 16.5 Å². The Bertz CT molecular complexity index is 964. The quantitative estimate of drug-likeness (QED) is 0.861. The number of halogens is 1. The minimum Gasteiger partial charge on any atom is -0.476 e. The summed E-state index contributed by atoms with van der Waals surface area (Å²) in [5.74, 6) is -0.335. The number of aromatic carboxylic acids is 1. The van der Waals surface area contributed by atoms with Gasteiger partial charge in [-0.3, -0.25) is 9.89 Å². The number of hydrogen-bond acceptors (Lipinski definition) is 3. The van der Waals surface area contributed by atoms with E-state index in [1.165, 1.54) is 0 Å². The van der Waals surface area contributed by atoms with Gasteiger partial charge in [-0.2, -0.15) is 5.10 Å². The summed E-state index contributed by atoms with van der Waals surface area (Å²) in [5, 5.41) is 16.9. The fourth-order valence-electron chi connectivity index (χ4n) is 3.63. The molecule has 1 aromatic heterocycles. The molecule has 1 atom stereocenters. The number of rotatable bonds is 3. The topological polar surface area (TPSA) is 83.1 Å². The second-order valence-electron chi connectivity index (χ2n) is 7.10. The van der Waals surface area contributed by atoms with Crippen molar-refractivity contribution < 1.29 is 14.7 Å². The molecule has 2 N–H and O–H groups in total. The molecule has 0 bridgehead atoms. The van der Waals surface area contributed by atoms with Crippen LogP contribution in [0.3, 0.4) is 0 Å². The summed E-state index contributed by atoms with van der Waals surface area (Å²) in [5.41, 5.74) is 2.35. The number of allylic oxidation sites excluding steroid dienone is 4. The Kier molecular flexibility index (Phi) is 3.58. The van der Waals surface area contributed by atoms with E-state index in [4.69, 9.17) is 11.6 Å². The molecule has 2 aliphatic rings. The van der Waals surface area contributed by atoms with Crippen LogP contribution in [0.5, 0.6) is 0 Å². The maximum absolute atomic E-state index is 11.3. The standard InChI is InChI=1S/C19H17ClN2O3/c1-19(11-6-12(23)7-11)4-2-10(3-5-19)13-8-14-16(9-15(13)20)21-22-17(14)18(24)25/h2-4,8-9,11H,5-7H2,1H3,(H,21,22)(H,24,25). The lowest BCUT2D eigenvalue weighted by atomic mass is 9.62. The van der Waals surface area contributed by atoms with E-state index in [1.54, 1.807) is 12.1 Å². The predicted octanol–water partition coefficient (Wildman–Crippen LogP) is 4.24. The molecule has 1 aromatic carbocycles. The van der Waals surface area contributed by atoms with Crippen molar-refractivity contribution in [2.45, 2.75) is 26.2 Å². The first-order valence-corrected chi connectivity index (χ1v) is 8.57. The molecule has 2 aromatic rings. The first-order valence-electron chi connectivity index (χ1n) is 8.20. The Balaban J connectivity index is 1.68. The molecule has 0 aliphatic heterocycles. The van der Waals surface area contributed by atoms with Crippen LogP contribution >= 0.6 is 11.6 Å². The highest BCUT2D eigenvalue weighted by molar-refractivity contribution is 6.33. The van der Waals surface area contributed by atoms with Crippen LogP contribution in [0.15, 0.2) is 30.4 Å². The van der Waals surface area contributed by atoms with Gasteiger partial charge in [-0.25, -0.2) is 4.79 Å². The highest BCUT2D eigenvalue weighted by Gasteiger charge is 2.40. The zero-order chi connectivity index (χ0) is 17.8. The van der Waals surface area contributed by atoms with Gasteiger partial charge in [0, 0.05) is 23.8 Å². The number of carboxylic acid groups (broad SMARTS) is 1. The average molecular weight is 357 g/mol. The van der Waals surface area contributed by atoms with E-state index >= 15 is 0 Å². The molecule has 1 fully saturated rings. The highest BCUT2D eigenvalue weighted by atomic mass is 35.5. The summed E-state index contributed by atoms with van der Waals surface area (Å²) < 4.78 is 0. The lowest BCUT2D eigenvalue weighted by Gasteiger charge is -2.41. The highest BCUT2D eigenvalue weighted by Crippen LogP contribution is 2.47. The molecule has 0 spiro atoms. The van der Waals surface area contributed by atoms with Crippen LogP contribution in [0, 0.1) is 11.3 Å². The third kappa shape index (κ3) is 2.59. The number of benzene rings is 1. The summed E-state index contributed by atoms with van der Waals surface area (Å²) in [6.07, 6.45) is 8.47. The van der Waals surface area contributed by atoms with Crippen molar-refractivity contribution in [1.29, 1.82) is 0 Å². The van der Waals surface area contributed by atoms with Crippen molar-refractivity contribution >= 4 is 39.8 Å². The molecule has 2 aliphatic carbocycles. The molecular formula is C19H17ClN2O3. The van der Waals surface area contributed by atoms with Crippen LogP contribution < -0.4 is 0 Å². The van der Waals surface area contributed by atoms with Crippen molar-refractivity contribution in [2.24, 2.45) is 11.3 Å². The number of nitrogens with one attached hydrogen (secondary N) is 1. The second-order valence-corrected chi connectivity index (χ2v) is 7.51. The van der Waals surface area contributed by atoms with Crippen LogP contribution in [0.4, 0.5) is 0 Å². The van der Waals surface area contributed by atoms with Crippen molar-refractivity contribution in [3.63, 3.8) is 0 Å². The van der Waals surface area contributed by atoms with Gasteiger partial charge in [0.05, 0.1) is 10.5 Å². The molecule has 0 amide bonds. The Morgan fingerprint density at radius 2 is 2.16 bits per heavy atom. The van der Waals surface area contributed by atoms with Gasteiger partial charge < -0.3 is 5.11 Å². The summed E-state index contributed by atoms with van der Waals surface area (Å²) in [7, 11) is 0. The minimum atomic E-state index is -1.07. The molecule has 1 saturated carbocycles. The van der Waals surface area contributed by atoms with Gasteiger partial charge in [0.15, 0.2) is 5.69 Å². The number of carbonyl (C=O) groups excluding carboxylic acids is 1. The van der Waals surface area contributed by atoms with Gasteiger partial charge in [0.1, 0.15) is 5.78 Å². The zero-order valence-electron chi connectivity index (χ0n) is 13.7. The van der Waals surface area contributed by atoms with Gasteiger partial charge in [0.25, 0.3) is 0 Å². The molecule has 0 radical (unpaired) electrons. The third-order valence-corrected chi connectivity index (χ3v) is 5.76. The summed E-state index contributed by atoms with van der Waals surface area (Å²) in [6, 6.07) is 3.48. The number of aromatic nitrogens is 2. The molecule has 0 saturated heterocycles. The molecular weight excluding hydrogens is 340 g/mol. The Morgan fingerprint density at radius 1 is 1.40 bits per heavy atom. The lowest BCUT2D eigenvalue weighted by Crippen LogP contribution is -2.37. The van der Waals surface area contributed by atoms with Gasteiger partial charge in [0.2, 0.25) is 0 Å². The molecule has 25 heavy (non-hydrogen) atoms. The number of fused-ring (bicyclic) bond motifs is 1. The van der Waals surface area contributed by atoms with E-state index in [0.717, 1.165) is 17.6 Å². The second kappa shape index (κ2) is 5.56. The number of hydrogen-bond donors (Lipinski definition) is 2. The fraction of sp³-hybridized carbons (Fsp3) is 0.316. The largest absolute Gasteiger partial charge is 0.476 e. The van der Waals surface area contributed by atoms with Crippen LogP contribution in [0.2, 0.25) is 5.02 Å². The Hall–Kier alpha value is -2.40. The maximum Gasteiger partial charge on any atom is 0.357 e. The van der Waals surface area contributed by atoms with E-state index in [1.807, 2.05) is 6.08 Å². The van der Waals surface area contributed by atoms with Crippen molar-refractivity contribution in [3.05, 3.63) is 46.6 Å². The molecule has 4 rings (SSSR count). The lowest BCUT2D eigenvalue weighted by molar-refractivity contribution is -0.129. The van der Waals surface area contributed by atoms with E-state index in [9.17, 15) is 14.7 Å². The summed E-state index contributed by atoms with van der Waals surface area (Å²) in [6.45, 7) is 2.18. The number of H-pyrrole nitrogens is 1. The number of ketones is 1. The van der Waals surface area contributed by atoms with Gasteiger partial charge in [-0.15, -0.1) is 0 Å². The maximum atomic E-state index is 11.3. The summed E-state index contributed by atoms with van der Waals surface area (Å²) in [4.78, 5) is 22.6. The predicted molar refractivity (Wildman–Crippen MR) is 95.6 cm³/mol. The molecule has 6 heteroatoms. The number of carbonyl (C=O) groups is 2. The number of aromatic amines is 1. The Morgan fingerprint density at radius 3 is 2.76 bits per heavy atom. The smallest absolute Gasteiger partial charge is 0.357 e. The number of Topliss-reactive ketones (excluding diaryl/α,β-unsaturated/α-hetero) is 1. The van der Waals surface area contributed by atoms with Crippen LogP contribution in [-0.4, -0.2) is 27.1 Å². The summed E-state index contributed by atoms with van der Waals surface area (Å²) >= 11 is 6.40. The SMILES string of the molecule is CC1(C2CC(=O)C2)C=CC(c2cc3c(C(=O)O)n[nH]c3cc2Cl)=CC1. The zero-order valence-corrected chi connectivity index (χ0v) is 14.4. The van der Waals surface area contributed by atoms with Crippen molar-refractivity contribution in [3.8, 4) is 0 Å². The van der Waals surface area contributed by atoms with Crippen molar-refractivity contribution in [1.82, 2.24) is 10.2 Å². The average Bonchev–Trinajstić information content (AvgIpc) is 2.95. The molecule has 1 heterocycles. The number of carboxylic acids is 1. The molecule has 1 unspecified atom stereocenters. The van der Waals surface area contributed by atoms with Gasteiger partial charge in [-0.05, 0) is 35.5 Å². The van der Waals surface area contributed by atoms with Gasteiger partial charge in [-0.1, -0.05) is 36.8 Å². The molecule has 128 valence electrons. The third-order valence-electron chi connectivity index (χ3n) is 5.45. The van der Waals surface area contributed by atoms with E-state index in [0.29, 0.717) is 40.5 Å². The Labute approximate surface area is 149 Å². The molecule has 5 nitrogen and oxygen atoms in total. The fourth-order valence-corrected chi connectivity index (χ4v) is 3.90. The van der Waals surface area contributed by atoms with Crippen LogP contribution in [0.1, 0.15) is 42.2 Å². The van der Waals surface area contributed by atoms with E-state index < -0.39 is 5.97 Å².